The highest BCUT2D eigenvalue weighted by Crippen LogP contribution is 2.18. The zero-order valence-electron chi connectivity index (χ0n) is 14.3. The number of benzene rings is 1. The average Bonchev–Trinajstić information content (AvgIpc) is 2.58. The molecule has 23 heavy (non-hydrogen) atoms. The minimum Gasteiger partial charge on any atom is -0.496 e. The van der Waals surface area contributed by atoms with Crippen molar-refractivity contribution in [3.63, 3.8) is 0 Å². The summed E-state index contributed by atoms with van der Waals surface area (Å²) in [7, 11) is 1.63. The molecule has 0 unspecified atom stereocenters. The second-order valence-electron chi connectivity index (χ2n) is 6.10. The van der Waals surface area contributed by atoms with E-state index in [1.54, 1.807) is 19.3 Å². The van der Waals surface area contributed by atoms with Crippen LogP contribution in [0.4, 0.5) is 0 Å². The van der Waals surface area contributed by atoms with Gasteiger partial charge in [0.05, 0.1) is 7.11 Å². The summed E-state index contributed by atoms with van der Waals surface area (Å²) in [6, 6.07) is 8.35. The minimum absolute atomic E-state index is 0.0531. The van der Waals surface area contributed by atoms with Gasteiger partial charge < -0.3 is 15.0 Å². The summed E-state index contributed by atoms with van der Waals surface area (Å²) < 4.78 is 5.26. The van der Waals surface area contributed by atoms with Gasteiger partial charge in [0.15, 0.2) is 0 Å². The number of amides is 1. The Hall–Kier alpha value is -1.81. The third-order valence-corrected chi connectivity index (χ3v) is 4.42. The molecule has 1 aliphatic rings. The van der Waals surface area contributed by atoms with Gasteiger partial charge in [-0.05, 0) is 44.9 Å². The Balaban J connectivity index is 1.69. The van der Waals surface area contributed by atoms with Crippen molar-refractivity contribution in [3.05, 3.63) is 35.9 Å². The molecular weight excluding hydrogens is 288 g/mol. The summed E-state index contributed by atoms with van der Waals surface area (Å²) in [5, 5.41) is 2.95. The monoisotopic (exact) mass is 316 g/mol. The number of carbonyl (C=O) groups excluding carboxylic acids is 1. The van der Waals surface area contributed by atoms with E-state index in [9.17, 15) is 4.79 Å². The lowest BCUT2D eigenvalue weighted by Crippen LogP contribution is -2.39. The number of para-hydroxylation sites is 1. The fraction of sp³-hybridized carbons (Fsp3) is 0.526. The second kappa shape index (κ2) is 9.36. The van der Waals surface area contributed by atoms with Crippen molar-refractivity contribution in [2.45, 2.75) is 38.6 Å². The predicted octanol–water partition coefficient (Wildman–Crippen LogP) is 3.09. The van der Waals surface area contributed by atoms with Crippen molar-refractivity contribution in [1.82, 2.24) is 10.2 Å². The lowest BCUT2D eigenvalue weighted by Gasteiger charge is -2.33. The van der Waals surface area contributed by atoms with Crippen LogP contribution in [0.15, 0.2) is 30.3 Å². The molecule has 1 amide bonds. The normalized spacial score (nSPS) is 19.0. The first-order chi connectivity index (χ1) is 11.2. The van der Waals surface area contributed by atoms with Crippen LogP contribution >= 0.6 is 0 Å². The molecular formula is C19H28N2O2. The Morgan fingerprint density at radius 1 is 1.39 bits per heavy atom. The van der Waals surface area contributed by atoms with Crippen LogP contribution in [0.25, 0.3) is 6.08 Å². The fourth-order valence-corrected chi connectivity index (χ4v) is 3.01. The Morgan fingerprint density at radius 2 is 2.22 bits per heavy atom. The van der Waals surface area contributed by atoms with Gasteiger partial charge in [-0.15, -0.1) is 0 Å². The van der Waals surface area contributed by atoms with Crippen LogP contribution in [0.5, 0.6) is 5.75 Å². The van der Waals surface area contributed by atoms with Crippen LogP contribution in [-0.2, 0) is 4.79 Å². The van der Waals surface area contributed by atoms with E-state index < -0.39 is 0 Å². The maximum atomic E-state index is 11.9. The molecule has 1 heterocycles. The van der Waals surface area contributed by atoms with E-state index in [1.165, 1.54) is 25.8 Å². The van der Waals surface area contributed by atoms with Crippen LogP contribution < -0.4 is 10.1 Å². The number of likely N-dealkylation sites (tertiary alicyclic amines) is 1. The molecule has 0 aromatic heterocycles. The van der Waals surface area contributed by atoms with Gasteiger partial charge in [-0.3, -0.25) is 4.79 Å². The molecule has 1 aromatic carbocycles. The molecule has 4 nitrogen and oxygen atoms in total. The van der Waals surface area contributed by atoms with Gasteiger partial charge in [-0.2, -0.15) is 0 Å². The van der Waals surface area contributed by atoms with E-state index in [1.807, 2.05) is 24.3 Å². The number of nitrogens with one attached hydrogen (secondary N) is 1. The third kappa shape index (κ3) is 5.71. The highest BCUT2D eigenvalue weighted by atomic mass is 16.5. The van der Waals surface area contributed by atoms with E-state index in [-0.39, 0.29) is 5.91 Å². The zero-order chi connectivity index (χ0) is 16.5. The second-order valence-corrected chi connectivity index (χ2v) is 6.10. The standard InChI is InChI=1S/C19H28N2O2/c1-16-8-5-6-14-21(16)15-7-13-20-19(22)12-11-17-9-3-4-10-18(17)23-2/h3-4,9-12,16H,5-8,13-15H2,1-2H3,(H,20,22)/b12-11+/t16-/m0/s1. The number of methoxy groups -OCH3 is 1. The predicted molar refractivity (Wildman–Crippen MR) is 94.5 cm³/mol. The molecule has 0 bridgehead atoms. The lowest BCUT2D eigenvalue weighted by atomic mass is 10.0. The maximum Gasteiger partial charge on any atom is 0.244 e. The molecule has 4 heteroatoms. The molecule has 126 valence electrons. The number of nitrogens with zero attached hydrogens (tertiary/aromatic N) is 1. The summed E-state index contributed by atoms with van der Waals surface area (Å²) in [5.74, 6) is 0.721. The largest absolute Gasteiger partial charge is 0.496 e. The van der Waals surface area contributed by atoms with E-state index >= 15 is 0 Å². The first kappa shape index (κ1) is 17.5. The summed E-state index contributed by atoms with van der Waals surface area (Å²) in [5.41, 5.74) is 0.910. The van der Waals surface area contributed by atoms with Gasteiger partial charge in [0.2, 0.25) is 5.91 Å². The Kier molecular flexibility index (Phi) is 7.14. The molecule has 2 rings (SSSR count). The number of ether oxygens (including phenoxy) is 1. The van der Waals surface area contributed by atoms with Crippen molar-refractivity contribution >= 4 is 12.0 Å². The highest BCUT2D eigenvalue weighted by Gasteiger charge is 2.16. The first-order valence-electron chi connectivity index (χ1n) is 8.53. The molecule has 1 atom stereocenters. The van der Waals surface area contributed by atoms with Crippen LogP contribution in [0.2, 0.25) is 0 Å². The van der Waals surface area contributed by atoms with Crippen LogP contribution in [0, 0.1) is 0 Å². The first-order valence-corrected chi connectivity index (χ1v) is 8.53. The number of hydrogen-bond acceptors (Lipinski definition) is 3. The molecule has 0 saturated carbocycles. The summed E-state index contributed by atoms with van der Waals surface area (Å²) >= 11 is 0. The van der Waals surface area contributed by atoms with E-state index in [0.717, 1.165) is 30.8 Å². The molecule has 1 aliphatic heterocycles. The number of carbonyl (C=O) groups is 1. The van der Waals surface area contributed by atoms with Crippen LogP contribution in [0.1, 0.15) is 38.2 Å². The average molecular weight is 316 g/mol. The van der Waals surface area contributed by atoms with Gasteiger partial charge in [0.1, 0.15) is 5.75 Å². The van der Waals surface area contributed by atoms with Crippen molar-refractivity contribution in [1.29, 1.82) is 0 Å². The number of piperidine rings is 1. The van der Waals surface area contributed by atoms with Gasteiger partial charge in [-0.1, -0.05) is 24.6 Å². The molecule has 1 N–H and O–H groups in total. The van der Waals surface area contributed by atoms with Crippen LogP contribution in [-0.4, -0.2) is 43.6 Å². The highest BCUT2D eigenvalue weighted by molar-refractivity contribution is 5.92. The summed E-state index contributed by atoms with van der Waals surface area (Å²) in [6.45, 7) is 5.28. The Labute approximate surface area is 139 Å². The quantitative estimate of drug-likeness (QED) is 0.621. The fourth-order valence-electron chi connectivity index (χ4n) is 3.01. The van der Waals surface area contributed by atoms with Gasteiger partial charge >= 0.3 is 0 Å². The number of hydrogen-bond donors (Lipinski definition) is 1. The summed E-state index contributed by atoms with van der Waals surface area (Å²) in [6.07, 6.45) is 8.31. The molecule has 1 saturated heterocycles. The van der Waals surface area contributed by atoms with Crippen LogP contribution in [0.3, 0.4) is 0 Å². The molecule has 0 spiro atoms. The Bertz CT molecular complexity index is 528. The summed E-state index contributed by atoms with van der Waals surface area (Å²) in [4.78, 5) is 14.4. The van der Waals surface area contributed by atoms with Gasteiger partial charge in [0, 0.05) is 30.8 Å². The molecule has 0 radical (unpaired) electrons. The number of rotatable bonds is 7. The third-order valence-electron chi connectivity index (χ3n) is 4.42. The maximum absolute atomic E-state index is 11.9. The SMILES string of the molecule is COc1ccccc1/C=C/C(=O)NCCCN1CCCC[C@@H]1C. The molecule has 1 aromatic rings. The van der Waals surface area contributed by atoms with E-state index in [2.05, 4.69) is 17.1 Å². The lowest BCUT2D eigenvalue weighted by molar-refractivity contribution is -0.116. The smallest absolute Gasteiger partial charge is 0.244 e. The Morgan fingerprint density at radius 3 is 3.00 bits per heavy atom. The van der Waals surface area contributed by atoms with E-state index in [4.69, 9.17) is 4.74 Å². The van der Waals surface area contributed by atoms with Gasteiger partial charge in [-0.25, -0.2) is 0 Å². The van der Waals surface area contributed by atoms with E-state index in [0.29, 0.717) is 6.04 Å². The molecule has 0 aliphatic carbocycles. The van der Waals surface area contributed by atoms with Crippen molar-refractivity contribution in [2.24, 2.45) is 0 Å². The van der Waals surface area contributed by atoms with Crippen molar-refractivity contribution < 1.29 is 9.53 Å². The van der Waals surface area contributed by atoms with Gasteiger partial charge in [0.25, 0.3) is 0 Å². The minimum atomic E-state index is -0.0531. The molecule has 1 fully saturated rings. The van der Waals surface area contributed by atoms with Crippen molar-refractivity contribution in [3.8, 4) is 5.75 Å². The topological polar surface area (TPSA) is 41.6 Å². The zero-order valence-corrected chi connectivity index (χ0v) is 14.3. The van der Waals surface area contributed by atoms with Crippen molar-refractivity contribution in [2.75, 3.05) is 26.7 Å².